The number of carbonyl (C=O) groups excluding carboxylic acids is 1. The molecule has 0 aromatic heterocycles. The molecule has 0 radical (unpaired) electrons. The van der Waals surface area contributed by atoms with Crippen molar-refractivity contribution in [2.75, 3.05) is 53.6 Å². The molecule has 0 saturated carbocycles. The van der Waals surface area contributed by atoms with Crippen molar-refractivity contribution >= 4 is 5.91 Å². The number of benzene rings is 1. The van der Waals surface area contributed by atoms with Gasteiger partial charge < -0.3 is 19.6 Å². The zero-order valence-electron chi connectivity index (χ0n) is 14.6. The van der Waals surface area contributed by atoms with Crippen LogP contribution < -0.4 is 0 Å². The topological polar surface area (TPSA) is 76.8 Å². The van der Waals surface area contributed by atoms with Gasteiger partial charge in [0.25, 0.3) is 5.91 Å². The second-order valence-corrected chi connectivity index (χ2v) is 6.51. The molecule has 1 heterocycles. The van der Waals surface area contributed by atoms with E-state index in [2.05, 4.69) is 4.90 Å². The highest BCUT2D eigenvalue weighted by molar-refractivity contribution is 5.94. The van der Waals surface area contributed by atoms with Gasteiger partial charge in [0.05, 0.1) is 18.2 Å². The summed E-state index contributed by atoms with van der Waals surface area (Å²) in [5.41, 5.74) is 0.290. The number of hydrogen-bond acceptors (Lipinski definition) is 5. The molecule has 1 fully saturated rings. The minimum Gasteiger partial charge on any atom is -0.396 e. The maximum absolute atomic E-state index is 13.6. The number of carbonyl (C=O) groups is 1. The van der Waals surface area contributed by atoms with Gasteiger partial charge in [-0.2, -0.15) is 5.26 Å². The Labute approximate surface area is 147 Å². The van der Waals surface area contributed by atoms with Crippen LogP contribution in [0.3, 0.4) is 0 Å². The van der Waals surface area contributed by atoms with Gasteiger partial charge in [-0.15, -0.1) is 0 Å². The number of rotatable bonds is 7. The second kappa shape index (κ2) is 8.90. The second-order valence-electron chi connectivity index (χ2n) is 6.51. The van der Waals surface area contributed by atoms with Crippen molar-refractivity contribution in [2.45, 2.75) is 0 Å². The summed E-state index contributed by atoms with van der Waals surface area (Å²) in [5, 5.41) is 18.6. The largest absolute Gasteiger partial charge is 0.396 e. The van der Waals surface area contributed by atoms with Gasteiger partial charge in [0.15, 0.2) is 0 Å². The van der Waals surface area contributed by atoms with Gasteiger partial charge in [-0.25, -0.2) is 4.39 Å². The molecule has 1 saturated heterocycles. The Kier molecular flexibility index (Phi) is 6.88. The summed E-state index contributed by atoms with van der Waals surface area (Å²) in [4.78, 5) is 16.4. The lowest BCUT2D eigenvalue weighted by molar-refractivity contribution is 0.0778. The predicted molar refractivity (Wildman–Crippen MR) is 90.5 cm³/mol. The first-order valence-electron chi connectivity index (χ1n) is 8.26. The Morgan fingerprint density at radius 1 is 1.44 bits per heavy atom. The lowest BCUT2D eigenvalue weighted by Gasteiger charge is -2.23. The highest BCUT2D eigenvalue weighted by Gasteiger charge is 2.35. The molecular weight excluding hydrogens is 325 g/mol. The van der Waals surface area contributed by atoms with Crippen LogP contribution in [0.4, 0.5) is 4.39 Å². The number of nitriles is 1. The maximum Gasteiger partial charge on any atom is 0.254 e. The monoisotopic (exact) mass is 349 g/mol. The molecule has 136 valence electrons. The first-order valence-corrected chi connectivity index (χ1v) is 8.26. The first kappa shape index (κ1) is 19.3. The van der Waals surface area contributed by atoms with E-state index in [0.717, 1.165) is 25.2 Å². The summed E-state index contributed by atoms with van der Waals surface area (Å²) in [6.07, 6.45) is 0. The molecule has 2 atom stereocenters. The van der Waals surface area contributed by atoms with Gasteiger partial charge in [-0.1, -0.05) is 0 Å². The van der Waals surface area contributed by atoms with E-state index in [4.69, 9.17) is 10.00 Å². The summed E-state index contributed by atoms with van der Waals surface area (Å²) in [5.74, 6) is -0.787. The number of methoxy groups -OCH3 is 1. The Bertz CT molecular complexity index is 647. The number of likely N-dealkylation sites (N-methyl/N-ethyl adjacent to an activating group) is 1. The van der Waals surface area contributed by atoms with Gasteiger partial charge in [0, 0.05) is 51.4 Å². The number of halogens is 1. The van der Waals surface area contributed by atoms with Crippen LogP contribution in [0.5, 0.6) is 0 Å². The van der Waals surface area contributed by atoms with Crippen LogP contribution in [0, 0.1) is 29.0 Å². The van der Waals surface area contributed by atoms with Gasteiger partial charge in [0.2, 0.25) is 0 Å². The molecule has 1 aromatic carbocycles. The lowest BCUT2D eigenvalue weighted by atomic mass is 9.96. The molecule has 1 aromatic rings. The van der Waals surface area contributed by atoms with Crippen LogP contribution in [0.2, 0.25) is 0 Å². The van der Waals surface area contributed by atoms with E-state index in [9.17, 15) is 14.3 Å². The number of likely N-dealkylation sites (tertiary alicyclic amines) is 1. The van der Waals surface area contributed by atoms with Crippen molar-refractivity contribution in [3.63, 3.8) is 0 Å². The molecule has 1 aliphatic heterocycles. The lowest BCUT2D eigenvalue weighted by Crippen LogP contribution is -2.33. The van der Waals surface area contributed by atoms with E-state index < -0.39 is 5.82 Å². The van der Waals surface area contributed by atoms with Crippen molar-refractivity contribution in [1.29, 1.82) is 5.26 Å². The van der Waals surface area contributed by atoms with Crippen molar-refractivity contribution in [3.8, 4) is 6.07 Å². The molecule has 1 amide bonds. The molecular formula is C18H24FN3O3. The van der Waals surface area contributed by atoms with E-state index >= 15 is 0 Å². The third-order valence-corrected chi connectivity index (χ3v) is 4.60. The third kappa shape index (κ3) is 4.98. The Morgan fingerprint density at radius 3 is 2.80 bits per heavy atom. The average molecular weight is 349 g/mol. The molecule has 0 spiro atoms. The van der Waals surface area contributed by atoms with E-state index in [1.54, 1.807) is 12.0 Å². The fourth-order valence-corrected chi connectivity index (χ4v) is 3.22. The molecule has 6 nitrogen and oxygen atoms in total. The van der Waals surface area contributed by atoms with Crippen molar-refractivity contribution in [3.05, 3.63) is 35.1 Å². The van der Waals surface area contributed by atoms with Crippen LogP contribution in [-0.4, -0.2) is 74.4 Å². The molecule has 0 unspecified atom stereocenters. The predicted octanol–water partition coefficient (Wildman–Crippen LogP) is 0.956. The maximum atomic E-state index is 13.6. The zero-order valence-corrected chi connectivity index (χ0v) is 14.6. The number of hydrogen-bond donors (Lipinski definition) is 1. The average Bonchev–Trinajstić information content (AvgIpc) is 3.01. The standard InChI is InChI=1S/C18H24FN3O3/c1-21(3-4-25-2)9-15-10-22(11-16(15)12-23)18(24)14-5-13(8-20)6-17(19)7-14/h5-7,15-16,23H,3-4,9-12H2,1-2H3/t15-,16-/m1/s1. The molecule has 0 aliphatic carbocycles. The van der Waals surface area contributed by atoms with E-state index in [-0.39, 0.29) is 35.5 Å². The van der Waals surface area contributed by atoms with Crippen LogP contribution >= 0.6 is 0 Å². The molecule has 0 bridgehead atoms. The van der Waals surface area contributed by atoms with Crippen molar-refractivity contribution < 1.29 is 19.0 Å². The van der Waals surface area contributed by atoms with E-state index in [1.807, 2.05) is 13.1 Å². The van der Waals surface area contributed by atoms with Crippen LogP contribution in [0.1, 0.15) is 15.9 Å². The van der Waals surface area contributed by atoms with Crippen LogP contribution in [-0.2, 0) is 4.74 Å². The summed E-state index contributed by atoms with van der Waals surface area (Å²) in [7, 11) is 3.62. The summed E-state index contributed by atoms with van der Waals surface area (Å²) in [6, 6.07) is 5.51. The number of aliphatic hydroxyl groups is 1. The summed E-state index contributed by atoms with van der Waals surface area (Å²) < 4.78 is 18.7. The van der Waals surface area contributed by atoms with Gasteiger partial charge in [-0.3, -0.25) is 4.79 Å². The number of amides is 1. The summed E-state index contributed by atoms with van der Waals surface area (Å²) >= 11 is 0. The smallest absolute Gasteiger partial charge is 0.254 e. The zero-order chi connectivity index (χ0) is 18.4. The highest BCUT2D eigenvalue weighted by atomic mass is 19.1. The normalized spacial score (nSPS) is 20.1. The van der Waals surface area contributed by atoms with Gasteiger partial charge >= 0.3 is 0 Å². The fourth-order valence-electron chi connectivity index (χ4n) is 3.22. The quantitative estimate of drug-likeness (QED) is 0.793. The van der Waals surface area contributed by atoms with E-state index in [0.29, 0.717) is 19.7 Å². The van der Waals surface area contributed by atoms with Crippen molar-refractivity contribution in [1.82, 2.24) is 9.80 Å². The third-order valence-electron chi connectivity index (χ3n) is 4.60. The van der Waals surface area contributed by atoms with Crippen LogP contribution in [0.15, 0.2) is 18.2 Å². The molecule has 7 heteroatoms. The minimum atomic E-state index is -0.601. The fraction of sp³-hybridized carbons (Fsp3) is 0.556. The Balaban J connectivity index is 2.07. The Hall–Kier alpha value is -2.01. The summed E-state index contributed by atoms with van der Waals surface area (Å²) in [6.45, 7) is 3.06. The number of aliphatic hydroxyl groups excluding tert-OH is 1. The molecule has 25 heavy (non-hydrogen) atoms. The van der Waals surface area contributed by atoms with Crippen molar-refractivity contribution in [2.24, 2.45) is 11.8 Å². The Morgan fingerprint density at radius 2 is 2.16 bits per heavy atom. The molecule has 1 aliphatic rings. The minimum absolute atomic E-state index is 0.000833. The van der Waals surface area contributed by atoms with Crippen LogP contribution in [0.25, 0.3) is 0 Å². The molecule has 1 N–H and O–H groups in total. The highest BCUT2D eigenvalue weighted by Crippen LogP contribution is 2.26. The SMILES string of the molecule is COCCN(C)C[C@@H]1CN(C(=O)c2cc(F)cc(C#N)c2)C[C@@H]1CO. The number of nitrogens with zero attached hydrogens (tertiary/aromatic N) is 3. The van der Waals surface area contributed by atoms with Gasteiger partial charge in [0.1, 0.15) is 5.82 Å². The first-order chi connectivity index (χ1) is 12.0. The number of ether oxygens (including phenoxy) is 1. The van der Waals surface area contributed by atoms with E-state index in [1.165, 1.54) is 6.07 Å². The molecule has 2 rings (SSSR count). The van der Waals surface area contributed by atoms with Gasteiger partial charge in [-0.05, 0) is 31.2 Å².